The number of esters is 1. The summed E-state index contributed by atoms with van der Waals surface area (Å²) in [7, 11) is 1.26. The van der Waals surface area contributed by atoms with E-state index in [9.17, 15) is 14.7 Å². The minimum Gasteiger partial charge on any atom is -0.467 e. The number of amides is 1. The molecule has 0 aliphatic heterocycles. The Hall–Kier alpha value is -1.88. The molecule has 0 saturated carbocycles. The van der Waals surface area contributed by atoms with Gasteiger partial charge in [-0.05, 0) is 18.9 Å². The van der Waals surface area contributed by atoms with Crippen LogP contribution in [-0.2, 0) is 14.3 Å². The zero-order valence-electron chi connectivity index (χ0n) is 12.8. The summed E-state index contributed by atoms with van der Waals surface area (Å²) in [6, 6.07) is 7.89. The van der Waals surface area contributed by atoms with Crippen LogP contribution >= 0.6 is 0 Å². The van der Waals surface area contributed by atoms with Gasteiger partial charge in [0.2, 0.25) is 0 Å². The first-order valence-corrected chi connectivity index (χ1v) is 7.08. The van der Waals surface area contributed by atoms with Gasteiger partial charge in [0.1, 0.15) is 5.60 Å². The number of nitrogens with one attached hydrogen (secondary N) is 1. The molecule has 1 rings (SSSR count). The number of hydrogen-bond acceptors (Lipinski definition) is 4. The number of rotatable bonds is 7. The van der Waals surface area contributed by atoms with Crippen LogP contribution in [0.4, 0.5) is 0 Å². The highest BCUT2D eigenvalue weighted by molar-refractivity contribution is 5.89. The maximum absolute atomic E-state index is 12.2. The molecule has 1 aromatic rings. The third-order valence-electron chi connectivity index (χ3n) is 3.35. The van der Waals surface area contributed by atoms with Crippen LogP contribution in [0.1, 0.15) is 44.7 Å². The largest absolute Gasteiger partial charge is 0.467 e. The van der Waals surface area contributed by atoms with Gasteiger partial charge in [-0.15, -0.1) is 0 Å². The Kier molecular flexibility index (Phi) is 6.37. The summed E-state index contributed by atoms with van der Waals surface area (Å²) >= 11 is 0. The molecular weight excluding hydrogens is 270 g/mol. The van der Waals surface area contributed by atoms with Gasteiger partial charge in [0.25, 0.3) is 5.91 Å². The summed E-state index contributed by atoms with van der Waals surface area (Å²) in [5, 5.41) is 12.8. The maximum atomic E-state index is 12.2. The Morgan fingerprint density at radius 1 is 1.33 bits per heavy atom. The summed E-state index contributed by atoms with van der Waals surface area (Å²) in [5.41, 5.74) is -0.888. The molecule has 21 heavy (non-hydrogen) atoms. The van der Waals surface area contributed by atoms with E-state index in [1.807, 2.05) is 13.0 Å². The van der Waals surface area contributed by atoms with Crippen LogP contribution in [0.3, 0.4) is 0 Å². The molecule has 0 aromatic heterocycles. The van der Waals surface area contributed by atoms with Gasteiger partial charge in [0, 0.05) is 0 Å². The first-order chi connectivity index (χ1) is 9.92. The van der Waals surface area contributed by atoms with Gasteiger partial charge in [-0.3, -0.25) is 4.79 Å². The van der Waals surface area contributed by atoms with Crippen molar-refractivity contribution < 1.29 is 19.4 Å². The van der Waals surface area contributed by atoms with E-state index in [1.165, 1.54) is 14.0 Å². The van der Waals surface area contributed by atoms with Crippen molar-refractivity contribution in [3.8, 4) is 0 Å². The number of benzene rings is 1. The molecule has 0 radical (unpaired) electrons. The van der Waals surface area contributed by atoms with Crippen molar-refractivity contribution in [1.29, 1.82) is 0 Å². The lowest BCUT2D eigenvalue weighted by molar-refractivity contribution is -0.149. The van der Waals surface area contributed by atoms with Crippen LogP contribution in [0.15, 0.2) is 30.3 Å². The molecule has 1 amide bonds. The van der Waals surface area contributed by atoms with Gasteiger partial charge in [0.15, 0.2) is 6.04 Å². The van der Waals surface area contributed by atoms with Gasteiger partial charge in [-0.25, -0.2) is 4.79 Å². The molecule has 116 valence electrons. The maximum Gasteiger partial charge on any atom is 0.333 e. The summed E-state index contributed by atoms with van der Waals surface area (Å²) < 4.78 is 4.73. The predicted molar refractivity (Wildman–Crippen MR) is 79.5 cm³/mol. The minimum atomic E-state index is -1.50. The highest BCUT2D eigenvalue weighted by Crippen LogP contribution is 2.19. The Bertz CT molecular complexity index is 470. The Balaban J connectivity index is 2.87. The van der Waals surface area contributed by atoms with Gasteiger partial charge in [-0.1, -0.05) is 50.1 Å². The molecule has 1 aromatic carbocycles. The predicted octanol–water partition coefficient (Wildman–Crippen LogP) is 1.96. The second-order valence-corrected chi connectivity index (χ2v) is 5.22. The lowest BCUT2D eigenvalue weighted by Crippen LogP contribution is -2.47. The van der Waals surface area contributed by atoms with Crippen LogP contribution in [0, 0.1) is 0 Å². The molecule has 0 aliphatic carbocycles. The fraction of sp³-hybridized carbons (Fsp3) is 0.500. The van der Waals surface area contributed by atoms with Gasteiger partial charge in [0.05, 0.1) is 7.11 Å². The molecule has 0 saturated heterocycles. The van der Waals surface area contributed by atoms with E-state index in [4.69, 9.17) is 4.74 Å². The van der Waals surface area contributed by atoms with E-state index in [1.54, 1.807) is 24.3 Å². The van der Waals surface area contributed by atoms with Gasteiger partial charge in [-0.2, -0.15) is 0 Å². The van der Waals surface area contributed by atoms with Crippen molar-refractivity contribution in [3.05, 3.63) is 35.9 Å². The Morgan fingerprint density at radius 2 is 1.95 bits per heavy atom. The van der Waals surface area contributed by atoms with Crippen LogP contribution < -0.4 is 5.32 Å². The van der Waals surface area contributed by atoms with Crippen LogP contribution in [0.5, 0.6) is 0 Å². The highest BCUT2D eigenvalue weighted by Gasteiger charge is 2.33. The molecule has 0 heterocycles. The van der Waals surface area contributed by atoms with Crippen molar-refractivity contribution in [2.24, 2.45) is 0 Å². The number of carbonyl (C=O) groups excluding carboxylic acids is 2. The number of methoxy groups -OCH3 is 1. The van der Waals surface area contributed by atoms with E-state index >= 15 is 0 Å². The van der Waals surface area contributed by atoms with Crippen LogP contribution in [0.25, 0.3) is 0 Å². The normalized spacial score (nSPS) is 14.9. The first kappa shape index (κ1) is 17.2. The molecule has 2 N–H and O–H groups in total. The van der Waals surface area contributed by atoms with E-state index < -0.39 is 23.5 Å². The molecule has 0 unspecified atom stereocenters. The van der Waals surface area contributed by atoms with E-state index in [0.29, 0.717) is 12.0 Å². The molecule has 0 aliphatic rings. The standard InChI is InChI=1S/C16H23NO4/c1-4-5-11-16(2,20)15(19)17-13(14(18)21-3)12-9-7-6-8-10-12/h6-10,13,20H,4-5,11H2,1-3H3,(H,17,19)/t13-,16-/m0/s1. The molecular formula is C16H23NO4. The zero-order valence-corrected chi connectivity index (χ0v) is 12.8. The highest BCUT2D eigenvalue weighted by atomic mass is 16.5. The third kappa shape index (κ3) is 4.86. The SMILES string of the molecule is CCCC[C@](C)(O)C(=O)N[C@H](C(=O)OC)c1ccccc1. The molecule has 2 atom stereocenters. The fourth-order valence-corrected chi connectivity index (χ4v) is 1.96. The van der Waals surface area contributed by atoms with Crippen molar-refractivity contribution in [1.82, 2.24) is 5.32 Å². The van der Waals surface area contributed by atoms with Crippen molar-refractivity contribution >= 4 is 11.9 Å². The zero-order chi connectivity index (χ0) is 15.9. The molecule has 5 heteroatoms. The van der Waals surface area contributed by atoms with Gasteiger partial charge < -0.3 is 15.2 Å². The first-order valence-electron chi connectivity index (χ1n) is 7.08. The molecule has 0 fully saturated rings. The third-order valence-corrected chi connectivity index (χ3v) is 3.35. The van der Waals surface area contributed by atoms with E-state index in [2.05, 4.69) is 5.32 Å². The van der Waals surface area contributed by atoms with Gasteiger partial charge >= 0.3 is 5.97 Å². The average molecular weight is 293 g/mol. The second kappa shape index (κ2) is 7.78. The summed E-state index contributed by atoms with van der Waals surface area (Å²) in [5.74, 6) is -1.14. The van der Waals surface area contributed by atoms with Crippen molar-refractivity contribution in [3.63, 3.8) is 0 Å². The lowest BCUT2D eigenvalue weighted by Gasteiger charge is -2.25. The average Bonchev–Trinajstić information content (AvgIpc) is 2.50. The Morgan fingerprint density at radius 3 is 2.48 bits per heavy atom. The molecule has 5 nitrogen and oxygen atoms in total. The summed E-state index contributed by atoms with van der Waals surface area (Å²) in [6.45, 7) is 3.44. The van der Waals surface area contributed by atoms with E-state index in [-0.39, 0.29) is 0 Å². The number of ether oxygens (including phenoxy) is 1. The fourth-order valence-electron chi connectivity index (χ4n) is 1.96. The number of hydrogen-bond donors (Lipinski definition) is 2. The smallest absolute Gasteiger partial charge is 0.333 e. The quantitative estimate of drug-likeness (QED) is 0.754. The van der Waals surface area contributed by atoms with E-state index in [0.717, 1.165) is 12.8 Å². The summed E-state index contributed by atoms with van der Waals surface area (Å²) in [4.78, 5) is 24.1. The number of unbranched alkanes of at least 4 members (excludes halogenated alkanes) is 1. The van der Waals surface area contributed by atoms with Crippen molar-refractivity contribution in [2.45, 2.75) is 44.8 Å². The topological polar surface area (TPSA) is 75.6 Å². The molecule has 0 bridgehead atoms. The Labute approximate surface area is 125 Å². The number of aliphatic hydroxyl groups is 1. The summed E-state index contributed by atoms with van der Waals surface area (Å²) in [6.07, 6.45) is 1.95. The minimum absolute atomic E-state index is 0.345. The molecule has 0 spiro atoms. The second-order valence-electron chi connectivity index (χ2n) is 5.22. The van der Waals surface area contributed by atoms with Crippen molar-refractivity contribution in [2.75, 3.05) is 7.11 Å². The monoisotopic (exact) mass is 293 g/mol. The van der Waals surface area contributed by atoms with Crippen LogP contribution in [0.2, 0.25) is 0 Å². The van der Waals surface area contributed by atoms with Crippen LogP contribution in [-0.4, -0.2) is 29.7 Å². The lowest BCUT2D eigenvalue weighted by atomic mass is 9.97. The number of carbonyl (C=O) groups is 2.